The van der Waals surface area contributed by atoms with Gasteiger partial charge in [-0.2, -0.15) is 0 Å². The molecule has 0 aliphatic carbocycles. The molecule has 6 nitrogen and oxygen atoms in total. The van der Waals surface area contributed by atoms with Gasteiger partial charge in [-0.3, -0.25) is 14.4 Å². The lowest BCUT2D eigenvalue weighted by atomic mass is 10.2. The Morgan fingerprint density at radius 2 is 1.50 bits per heavy atom. The molecule has 0 aliphatic heterocycles. The molecule has 0 aromatic heterocycles. The first-order valence-electron chi connectivity index (χ1n) is 8.07. The van der Waals surface area contributed by atoms with E-state index in [2.05, 4.69) is 10.6 Å². The number of amides is 3. The first-order valence-corrected chi connectivity index (χ1v) is 8.45. The van der Waals surface area contributed by atoms with E-state index in [1.807, 2.05) is 0 Å². The van der Waals surface area contributed by atoms with Crippen molar-refractivity contribution in [2.24, 2.45) is 0 Å². The van der Waals surface area contributed by atoms with Crippen LogP contribution in [0.4, 0.5) is 17.1 Å². The summed E-state index contributed by atoms with van der Waals surface area (Å²) in [4.78, 5) is 36.5. The average molecular weight is 374 g/mol. The second-order valence-corrected chi connectivity index (χ2v) is 6.09. The lowest BCUT2D eigenvalue weighted by molar-refractivity contribution is -0.117. The van der Waals surface area contributed by atoms with E-state index in [0.717, 1.165) is 0 Å². The molecule has 0 heterocycles. The molecule has 0 aliphatic rings. The molecule has 2 aromatic carbocycles. The van der Waals surface area contributed by atoms with Gasteiger partial charge in [0.1, 0.15) is 0 Å². The van der Waals surface area contributed by atoms with Crippen LogP contribution in [0.2, 0.25) is 5.02 Å². The van der Waals surface area contributed by atoms with Crippen LogP contribution in [0.3, 0.4) is 0 Å². The predicted molar refractivity (Wildman–Crippen MR) is 103 cm³/mol. The van der Waals surface area contributed by atoms with Crippen LogP contribution in [0.15, 0.2) is 48.5 Å². The minimum absolute atomic E-state index is 0.123. The number of nitrogens with zero attached hydrogens (tertiary/aromatic N) is 1. The highest BCUT2D eigenvalue weighted by atomic mass is 35.5. The first-order chi connectivity index (χ1) is 12.4. The summed E-state index contributed by atoms with van der Waals surface area (Å²) in [5.74, 6) is -0.577. The summed E-state index contributed by atoms with van der Waals surface area (Å²) >= 11 is 6.13. The van der Waals surface area contributed by atoms with Crippen molar-refractivity contribution in [1.29, 1.82) is 0 Å². The number of anilines is 3. The Bertz CT molecular complexity index is 806. The Hall–Kier alpha value is -2.86. The van der Waals surface area contributed by atoms with Crippen LogP contribution in [0, 0.1) is 0 Å². The molecule has 0 atom stereocenters. The summed E-state index contributed by atoms with van der Waals surface area (Å²) in [5, 5.41) is 5.87. The molecule has 0 saturated heterocycles. The molecule has 3 amide bonds. The highest BCUT2D eigenvalue weighted by Gasteiger charge is 2.16. The maximum Gasteiger partial charge on any atom is 0.226 e. The van der Waals surface area contributed by atoms with Crippen molar-refractivity contribution in [1.82, 2.24) is 0 Å². The maximum atomic E-state index is 12.2. The Labute approximate surface area is 157 Å². The van der Waals surface area contributed by atoms with Gasteiger partial charge in [0.05, 0.1) is 10.7 Å². The van der Waals surface area contributed by atoms with Crippen LogP contribution in [0.1, 0.15) is 20.3 Å². The summed E-state index contributed by atoms with van der Waals surface area (Å²) in [5.41, 5.74) is 1.84. The molecular weight excluding hydrogens is 354 g/mol. The Balaban J connectivity index is 1.95. The number of benzene rings is 2. The molecule has 0 bridgehead atoms. The number of carbonyl (C=O) groups excluding carboxylic acids is 3. The van der Waals surface area contributed by atoms with Crippen molar-refractivity contribution in [2.75, 3.05) is 22.1 Å². The molecular formula is C19H20ClN3O3. The normalized spacial score (nSPS) is 10.1. The van der Waals surface area contributed by atoms with E-state index in [-0.39, 0.29) is 30.7 Å². The van der Waals surface area contributed by atoms with Crippen LogP contribution in [-0.2, 0) is 14.4 Å². The van der Waals surface area contributed by atoms with Gasteiger partial charge in [-0.15, -0.1) is 0 Å². The fourth-order valence-corrected chi connectivity index (χ4v) is 2.63. The van der Waals surface area contributed by atoms with Crippen LogP contribution in [0.25, 0.3) is 0 Å². The molecule has 7 heteroatoms. The number of nitrogens with one attached hydrogen (secondary N) is 2. The average Bonchev–Trinajstić information content (AvgIpc) is 2.57. The molecule has 0 saturated carbocycles. The summed E-state index contributed by atoms with van der Waals surface area (Å²) < 4.78 is 0. The van der Waals surface area contributed by atoms with Gasteiger partial charge in [0, 0.05) is 38.2 Å². The van der Waals surface area contributed by atoms with E-state index in [1.54, 1.807) is 48.5 Å². The zero-order valence-corrected chi connectivity index (χ0v) is 15.3. The lowest BCUT2D eigenvalue weighted by Crippen LogP contribution is -2.32. The third-order valence-corrected chi connectivity index (χ3v) is 3.89. The van der Waals surface area contributed by atoms with Gasteiger partial charge in [0.2, 0.25) is 17.7 Å². The SMILES string of the molecule is CC(=O)Nc1ccc(NC(=O)CCN(C(C)=O)c2ccccc2Cl)cc1. The second-order valence-electron chi connectivity index (χ2n) is 5.68. The van der Waals surface area contributed by atoms with Crippen molar-refractivity contribution < 1.29 is 14.4 Å². The molecule has 2 rings (SSSR count). The maximum absolute atomic E-state index is 12.2. The second kappa shape index (κ2) is 9.01. The molecule has 0 radical (unpaired) electrons. The van der Waals surface area contributed by atoms with E-state index in [4.69, 9.17) is 11.6 Å². The van der Waals surface area contributed by atoms with E-state index in [9.17, 15) is 14.4 Å². The highest BCUT2D eigenvalue weighted by Crippen LogP contribution is 2.25. The van der Waals surface area contributed by atoms with Gasteiger partial charge >= 0.3 is 0 Å². The number of carbonyl (C=O) groups is 3. The summed E-state index contributed by atoms with van der Waals surface area (Å²) in [7, 11) is 0. The van der Waals surface area contributed by atoms with Gasteiger partial charge in [0.25, 0.3) is 0 Å². The van der Waals surface area contributed by atoms with Crippen molar-refractivity contribution in [3.8, 4) is 0 Å². The van der Waals surface area contributed by atoms with Crippen LogP contribution >= 0.6 is 11.6 Å². The third kappa shape index (κ3) is 5.60. The zero-order valence-electron chi connectivity index (χ0n) is 14.6. The lowest BCUT2D eigenvalue weighted by Gasteiger charge is -2.22. The van der Waals surface area contributed by atoms with Gasteiger partial charge in [-0.05, 0) is 36.4 Å². The Morgan fingerprint density at radius 1 is 0.923 bits per heavy atom. The molecule has 2 aromatic rings. The van der Waals surface area contributed by atoms with E-state index < -0.39 is 0 Å². The Morgan fingerprint density at radius 3 is 2.04 bits per heavy atom. The number of rotatable bonds is 6. The third-order valence-electron chi connectivity index (χ3n) is 3.57. The predicted octanol–water partition coefficient (Wildman–Crippen LogP) is 3.68. The Kier molecular flexibility index (Phi) is 6.74. The number of hydrogen-bond donors (Lipinski definition) is 2. The molecule has 0 unspecified atom stereocenters. The highest BCUT2D eigenvalue weighted by molar-refractivity contribution is 6.33. The van der Waals surface area contributed by atoms with Crippen molar-refractivity contribution in [3.05, 3.63) is 53.6 Å². The minimum Gasteiger partial charge on any atom is -0.326 e. The van der Waals surface area contributed by atoms with Crippen molar-refractivity contribution in [2.45, 2.75) is 20.3 Å². The first kappa shape index (κ1) is 19.5. The minimum atomic E-state index is -0.226. The standard InChI is InChI=1S/C19H20ClN3O3/c1-13(24)21-15-7-9-16(10-8-15)22-19(26)11-12-23(14(2)25)18-6-4-3-5-17(18)20/h3-10H,11-12H2,1-2H3,(H,21,24)(H,22,26). The molecule has 2 N–H and O–H groups in total. The zero-order chi connectivity index (χ0) is 19.1. The fourth-order valence-electron chi connectivity index (χ4n) is 2.40. The van der Waals surface area contributed by atoms with E-state index >= 15 is 0 Å². The van der Waals surface area contributed by atoms with Crippen LogP contribution in [0.5, 0.6) is 0 Å². The smallest absolute Gasteiger partial charge is 0.226 e. The topological polar surface area (TPSA) is 78.5 Å². The van der Waals surface area contributed by atoms with Gasteiger partial charge < -0.3 is 15.5 Å². The van der Waals surface area contributed by atoms with Crippen molar-refractivity contribution >= 4 is 46.4 Å². The van der Waals surface area contributed by atoms with E-state index in [1.165, 1.54) is 18.7 Å². The molecule has 0 spiro atoms. The molecule has 26 heavy (non-hydrogen) atoms. The fraction of sp³-hybridized carbons (Fsp3) is 0.211. The van der Waals surface area contributed by atoms with E-state index in [0.29, 0.717) is 22.1 Å². The molecule has 136 valence electrons. The van der Waals surface area contributed by atoms with Gasteiger partial charge in [0.15, 0.2) is 0 Å². The van der Waals surface area contributed by atoms with Crippen LogP contribution < -0.4 is 15.5 Å². The van der Waals surface area contributed by atoms with Gasteiger partial charge in [-0.25, -0.2) is 0 Å². The number of para-hydroxylation sites is 1. The van der Waals surface area contributed by atoms with Gasteiger partial charge in [-0.1, -0.05) is 23.7 Å². The summed E-state index contributed by atoms with van der Waals surface area (Å²) in [6.07, 6.45) is 0.123. The van der Waals surface area contributed by atoms with Crippen molar-refractivity contribution in [3.63, 3.8) is 0 Å². The largest absolute Gasteiger partial charge is 0.326 e. The van der Waals surface area contributed by atoms with Crippen LogP contribution in [-0.4, -0.2) is 24.3 Å². The summed E-state index contributed by atoms with van der Waals surface area (Å²) in [6, 6.07) is 13.8. The quantitative estimate of drug-likeness (QED) is 0.810. The molecule has 0 fully saturated rings. The summed E-state index contributed by atoms with van der Waals surface area (Å²) in [6.45, 7) is 3.08. The number of hydrogen-bond acceptors (Lipinski definition) is 3. The monoisotopic (exact) mass is 373 g/mol. The number of halogens is 1.